The summed E-state index contributed by atoms with van der Waals surface area (Å²) in [5.74, 6) is 0.512. The van der Waals surface area contributed by atoms with Crippen molar-refractivity contribution in [1.29, 1.82) is 0 Å². The maximum absolute atomic E-state index is 12.9. The third kappa shape index (κ3) is 4.94. The summed E-state index contributed by atoms with van der Waals surface area (Å²) in [6.45, 7) is 0.641. The topological polar surface area (TPSA) is 107 Å². The number of nitrogens with one attached hydrogen (secondary N) is 1. The van der Waals surface area contributed by atoms with Gasteiger partial charge in [-0.15, -0.1) is 0 Å². The summed E-state index contributed by atoms with van der Waals surface area (Å²) in [7, 11) is 3.06. The van der Waals surface area contributed by atoms with E-state index in [1.54, 1.807) is 30.3 Å². The highest BCUT2D eigenvalue weighted by Crippen LogP contribution is 2.31. The molecule has 33 heavy (non-hydrogen) atoms. The van der Waals surface area contributed by atoms with Crippen LogP contribution in [0.1, 0.15) is 26.6 Å². The maximum Gasteiger partial charge on any atom is 0.316 e. The van der Waals surface area contributed by atoms with Crippen LogP contribution in [0, 0.1) is 0 Å². The second-order valence-corrected chi connectivity index (χ2v) is 7.50. The fourth-order valence-electron chi connectivity index (χ4n) is 3.39. The van der Waals surface area contributed by atoms with Crippen LogP contribution in [0.4, 0.5) is 4.39 Å². The van der Waals surface area contributed by atoms with Crippen LogP contribution in [0.5, 0.6) is 11.5 Å². The minimum absolute atomic E-state index is 0.149. The highest BCUT2D eigenvalue weighted by Gasteiger charge is 2.30. The van der Waals surface area contributed by atoms with Gasteiger partial charge in [-0.1, -0.05) is 17.3 Å². The molecule has 2 aromatic carbocycles. The van der Waals surface area contributed by atoms with E-state index in [1.807, 2.05) is 12.1 Å². The van der Waals surface area contributed by atoms with Crippen molar-refractivity contribution in [2.45, 2.75) is 12.6 Å². The Labute approximate surface area is 189 Å². The summed E-state index contributed by atoms with van der Waals surface area (Å²) in [6.07, 6.45) is -0.376. The number of rotatable bonds is 8. The van der Waals surface area contributed by atoms with Crippen molar-refractivity contribution in [3.8, 4) is 22.9 Å². The molecule has 10 heteroatoms. The standard InChI is InChI=1S/C23H23FN4O5/c1-31-18-8-7-16(11-19(18)32-2)20-26-22(33-27-20)21(29)25-10-9-14-3-5-15(6-4-14)23(30)28-12-17(24)13-28/h3-8,11,17H,9-10,12-13H2,1-2H3,(H,25,29). The Morgan fingerprint density at radius 3 is 2.52 bits per heavy atom. The molecule has 1 fully saturated rings. The number of hydrogen-bond acceptors (Lipinski definition) is 7. The normalized spacial score (nSPS) is 13.4. The second-order valence-electron chi connectivity index (χ2n) is 7.50. The SMILES string of the molecule is COc1ccc(-c2noc(C(=O)NCCc3ccc(C(=O)N4CC(F)C4)cc3)n2)cc1OC. The van der Waals surface area contributed by atoms with Gasteiger partial charge in [-0.2, -0.15) is 4.98 Å². The number of carbonyl (C=O) groups excluding carboxylic acids is 2. The van der Waals surface area contributed by atoms with E-state index in [4.69, 9.17) is 14.0 Å². The summed E-state index contributed by atoms with van der Waals surface area (Å²) in [5.41, 5.74) is 2.07. The van der Waals surface area contributed by atoms with Crippen molar-refractivity contribution in [2.75, 3.05) is 33.9 Å². The van der Waals surface area contributed by atoms with E-state index >= 15 is 0 Å². The summed E-state index contributed by atoms with van der Waals surface area (Å²) in [6, 6.07) is 12.2. The van der Waals surface area contributed by atoms with Gasteiger partial charge < -0.3 is 24.2 Å². The average Bonchev–Trinajstić information content (AvgIpc) is 3.32. The Balaban J connectivity index is 1.30. The van der Waals surface area contributed by atoms with Gasteiger partial charge in [-0.05, 0) is 42.3 Å². The molecule has 1 saturated heterocycles. The molecule has 1 aliphatic heterocycles. The van der Waals surface area contributed by atoms with Gasteiger partial charge in [-0.3, -0.25) is 9.59 Å². The molecule has 0 saturated carbocycles. The molecule has 1 aromatic heterocycles. The molecule has 0 atom stereocenters. The van der Waals surface area contributed by atoms with E-state index in [9.17, 15) is 14.0 Å². The Morgan fingerprint density at radius 1 is 1.12 bits per heavy atom. The number of hydrogen-bond donors (Lipinski definition) is 1. The molecule has 0 bridgehead atoms. The van der Waals surface area contributed by atoms with Gasteiger partial charge in [0.2, 0.25) is 5.82 Å². The smallest absolute Gasteiger partial charge is 0.316 e. The molecule has 0 radical (unpaired) electrons. The molecule has 2 heterocycles. The molecular weight excluding hydrogens is 431 g/mol. The van der Waals surface area contributed by atoms with E-state index in [0.717, 1.165) is 5.56 Å². The molecule has 4 rings (SSSR count). The molecule has 0 aliphatic carbocycles. The molecule has 1 aliphatic rings. The summed E-state index contributed by atoms with van der Waals surface area (Å²) < 4.78 is 28.5. The second kappa shape index (κ2) is 9.68. The van der Waals surface area contributed by atoms with Crippen LogP contribution in [-0.2, 0) is 6.42 Å². The quantitative estimate of drug-likeness (QED) is 0.557. The van der Waals surface area contributed by atoms with Gasteiger partial charge in [0, 0.05) is 17.7 Å². The number of halogens is 1. The number of amides is 2. The van der Waals surface area contributed by atoms with Crippen molar-refractivity contribution >= 4 is 11.8 Å². The van der Waals surface area contributed by atoms with Gasteiger partial charge >= 0.3 is 11.8 Å². The lowest BCUT2D eigenvalue weighted by Gasteiger charge is -2.34. The van der Waals surface area contributed by atoms with Crippen LogP contribution in [0.2, 0.25) is 0 Å². The predicted molar refractivity (Wildman–Crippen MR) is 116 cm³/mol. The van der Waals surface area contributed by atoms with Crippen LogP contribution in [0.25, 0.3) is 11.4 Å². The summed E-state index contributed by atoms with van der Waals surface area (Å²) >= 11 is 0. The fraction of sp³-hybridized carbons (Fsp3) is 0.304. The lowest BCUT2D eigenvalue weighted by atomic mass is 10.1. The lowest BCUT2D eigenvalue weighted by Crippen LogP contribution is -2.51. The van der Waals surface area contributed by atoms with E-state index in [2.05, 4.69) is 15.5 Å². The number of ether oxygens (including phenoxy) is 2. The number of aromatic nitrogens is 2. The zero-order valence-corrected chi connectivity index (χ0v) is 18.2. The molecule has 0 unspecified atom stereocenters. The molecule has 3 aromatic rings. The summed E-state index contributed by atoms with van der Waals surface area (Å²) in [5, 5.41) is 6.59. The number of nitrogens with zero attached hydrogens (tertiary/aromatic N) is 3. The fourth-order valence-corrected chi connectivity index (χ4v) is 3.39. The van der Waals surface area contributed by atoms with Crippen molar-refractivity contribution < 1.29 is 28.0 Å². The predicted octanol–water partition coefficient (Wildman–Crippen LogP) is 2.52. The third-order valence-corrected chi connectivity index (χ3v) is 5.29. The van der Waals surface area contributed by atoms with Crippen LogP contribution >= 0.6 is 0 Å². The Morgan fingerprint density at radius 2 is 1.85 bits per heavy atom. The largest absolute Gasteiger partial charge is 0.493 e. The van der Waals surface area contributed by atoms with E-state index in [0.29, 0.717) is 35.6 Å². The zero-order chi connectivity index (χ0) is 23.4. The van der Waals surface area contributed by atoms with Crippen LogP contribution in [-0.4, -0.2) is 66.9 Å². The van der Waals surface area contributed by atoms with Gasteiger partial charge in [-0.25, -0.2) is 4.39 Å². The number of likely N-dealkylation sites (tertiary alicyclic amines) is 1. The first-order chi connectivity index (χ1) is 16.0. The first kappa shape index (κ1) is 22.3. The number of methoxy groups -OCH3 is 2. The lowest BCUT2D eigenvalue weighted by molar-refractivity contribution is 0.0400. The Hall–Kier alpha value is -3.95. The molecular formula is C23H23FN4O5. The van der Waals surface area contributed by atoms with Gasteiger partial charge in [0.15, 0.2) is 11.5 Å². The Bertz CT molecular complexity index is 1140. The van der Waals surface area contributed by atoms with Gasteiger partial charge in [0.25, 0.3) is 5.91 Å². The van der Waals surface area contributed by atoms with Crippen LogP contribution in [0.3, 0.4) is 0 Å². The van der Waals surface area contributed by atoms with Crippen LogP contribution < -0.4 is 14.8 Å². The number of benzene rings is 2. The highest BCUT2D eigenvalue weighted by molar-refractivity contribution is 5.94. The maximum atomic E-state index is 12.9. The van der Waals surface area contributed by atoms with Crippen molar-refractivity contribution in [3.63, 3.8) is 0 Å². The minimum atomic E-state index is -0.925. The van der Waals surface area contributed by atoms with Gasteiger partial charge in [0.1, 0.15) is 6.17 Å². The highest BCUT2D eigenvalue weighted by atomic mass is 19.1. The zero-order valence-electron chi connectivity index (χ0n) is 18.2. The van der Waals surface area contributed by atoms with Crippen molar-refractivity contribution in [3.05, 3.63) is 59.5 Å². The van der Waals surface area contributed by atoms with E-state index < -0.39 is 12.1 Å². The first-order valence-corrected chi connectivity index (χ1v) is 10.3. The number of alkyl halides is 1. The molecule has 2 amide bonds. The van der Waals surface area contributed by atoms with E-state index in [-0.39, 0.29) is 30.7 Å². The average molecular weight is 454 g/mol. The van der Waals surface area contributed by atoms with E-state index in [1.165, 1.54) is 19.1 Å². The molecule has 1 N–H and O–H groups in total. The Kier molecular flexibility index (Phi) is 6.53. The summed E-state index contributed by atoms with van der Waals surface area (Å²) in [4.78, 5) is 30.2. The van der Waals surface area contributed by atoms with Crippen LogP contribution in [0.15, 0.2) is 47.0 Å². The number of carbonyl (C=O) groups is 2. The molecule has 172 valence electrons. The first-order valence-electron chi connectivity index (χ1n) is 10.3. The third-order valence-electron chi connectivity index (χ3n) is 5.29. The minimum Gasteiger partial charge on any atom is -0.493 e. The van der Waals surface area contributed by atoms with Gasteiger partial charge in [0.05, 0.1) is 27.3 Å². The van der Waals surface area contributed by atoms with Crippen molar-refractivity contribution in [2.24, 2.45) is 0 Å². The van der Waals surface area contributed by atoms with Crippen molar-refractivity contribution in [1.82, 2.24) is 20.4 Å². The monoisotopic (exact) mass is 454 g/mol. The molecule has 0 spiro atoms. The molecule has 9 nitrogen and oxygen atoms in total.